The molecule has 0 radical (unpaired) electrons. The number of ether oxygens (including phenoxy) is 1. The minimum atomic E-state index is -0.594. The second-order valence-electron chi connectivity index (χ2n) is 4.13. The molecule has 1 aromatic carbocycles. The lowest BCUT2D eigenvalue weighted by Crippen LogP contribution is -2.31. The van der Waals surface area contributed by atoms with Crippen molar-refractivity contribution in [2.45, 2.75) is 25.0 Å². The Labute approximate surface area is 100 Å². The molecule has 1 aliphatic carbocycles. The SMILES string of the molecule is COC(C(=O)NC1CC1)c1ccc(C#N)cc1. The van der Waals surface area contributed by atoms with Crippen LogP contribution in [0.15, 0.2) is 24.3 Å². The smallest absolute Gasteiger partial charge is 0.253 e. The molecule has 4 nitrogen and oxygen atoms in total. The van der Waals surface area contributed by atoms with E-state index in [1.54, 1.807) is 24.3 Å². The standard InChI is InChI=1S/C13H14N2O2/c1-17-12(13(16)15-11-6-7-11)10-4-2-9(8-14)3-5-10/h2-5,11-12H,6-7H2,1H3,(H,15,16). The Balaban J connectivity index is 2.10. The molecular formula is C13H14N2O2. The van der Waals surface area contributed by atoms with Gasteiger partial charge in [-0.3, -0.25) is 4.79 Å². The lowest BCUT2D eigenvalue weighted by molar-refractivity contribution is -0.131. The maximum Gasteiger partial charge on any atom is 0.253 e. The van der Waals surface area contributed by atoms with Crippen LogP contribution in [0.4, 0.5) is 0 Å². The third-order valence-corrected chi connectivity index (χ3v) is 2.74. The van der Waals surface area contributed by atoms with Crippen LogP contribution in [0.3, 0.4) is 0 Å². The van der Waals surface area contributed by atoms with Crippen LogP contribution in [-0.4, -0.2) is 19.1 Å². The molecule has 4 heteroatoms. The first-order valence-corrected chi connectivity index (χ1v) is 5.58. The van der Waals surface area contributed by atoms with E-state index in [0.717, 1.165) is 18.4 Å². The molecule has 0 aliphatic heterocycles. The summed E-state index contributed by atoms with van der Waals surface area (Å²) in [6.45, 7) is 0. The van der Waals surface area contributed by atoms with Gasteiger partial charge in [0.1, 0.15) is 0 Å². The Morgan fingerprint density at radius 2 is 2.12 bits per heavy atom. The number of hydrogen-bond acceptors (Lipinski definition) is 3. The van der Waals surface area contributed by atoms with Gasteiger partial charge in [0.05, 0.1) is 11.6 Å². The Bertz CT molecular complexity index is 443. The van der Waals surface area contributed by atoms with Crippen molar-refractivity contribution < 1.29 is 9.53 Å². The van der Waals surface area contributed by atoms with Gasteiger partial charge in [-0.05, 0) is 30.5 Å². The highest BCUT2D eigenvalue weighted by molar-refractivity contribution is 5.82. The van der Waals surface area contributed by atoms with Crippen molar-refractivity contribution in [2.24, 2.45) is 0 Å². The molecule has 88 valence electrons. The molecule has 1 aliphatic rings. The molecule has 1 atom stereocenters. The summed E-state index contributed by atoms with van der Waals surface area (Å²) in [5.74, 6) is -0.111. The van der Waals surface area contributed by atoms with Crippen molar-refractivity contribution in [1.82, 2.24) is 5.32 Å². The topological polar surface area (TPSA) is 62.1 Å². The number of amides is 1. The lowest BCUT2D eigenvalue weighted by Gasteiger charge is -2.15. The van der Waals surface area contributed by atoms with Gasteiger partial charge in [-0.1, -0.05) is 12.1 Å². The van der Waals surface area contributed by atoms with E-state index in [-0.39, 0.29) is 5.91 Å². The Morgan fingerprint density at radius 1 is 1.47 bits per heavy atom. The van der Waals surface area contributed by atoms with E-state index >= 15 is 0 Å². The Morgan fingerprint density at radius 3 is 2.59 bits per heavy atom. The molecule has 1 N–H and O–H groups in total. The van der Waals surface area contributed by atoms with Gasteiger partial charge in [-0.2, -0.15) is 5.26 Å². The van der Waals surface area contributed by atoms with E-state index in [0.29, 0.717) is 11.6 Å². The average molecular weight is 230 g/mol. The van der Waals surface area contributed by atoms with Gasteiger partial charge in [-0.15, -0.1) is 0 Å². The number of hydrogen-bond donors (Lipinski definition) is 1. The van der Waals surface area contributed by atoms with Gasteiger partial charge in [0.2, 0.25) is 0 Å². The third kappa shape index (κ3) is 2.83. The normalized spacial score (nSPS) is 16.0. The first-order valence-electron chi connectivity index (χ1n) is 5.58. The molecule has 17 heavy (non-hydrogen) atoms. The zero-order valence-electron chi connectivity index (χ0n) is 9.64. The van der Waals surface area contributed by atoms with Gasteiger partial charge in [0, 0.05) is 13.2 Å². The zero-order valence-corrected chi connectivity index (χ0v) is 9.64. The fraction of sp³-hybridized carbons (Fsp3) is 0.385. The van der Waals surface area contributed by atoms with Gasteiger partial charge in [0.25, 0.3) is 5.91 Å². The van der Waals surface area contributed by atoms with Crippen LogP contribution in [0.1, 0.15) is 30.1 Å². The molecule has 1 unspecified atom stereocenters. The molecule has 0 saturated heterocycles. The van der Waals surface area contributed by atoms with E-state index in [1.165, 1.54) is 7.11 Å². The Hall–Kier alpha value is -1.86. The number of carbonyl (C=O) groups excluding carboxylic acids is 1. The van der Waals surface area contributed by atoms with E-state index in [1.807, 2.05) is 6.07 Å². The molecule has 0 heterocycles. The molecule has 1 fully saturated rings. The summed E-state index contributed by atoms with van der Waals surface area (Å²) in [7, 11) is 1.51. The highest BCUT2D eigenvalue weighted by atomic mass is 16.5. The van der Waals surface area contributed by atoms with Crippen LogP contribution < -0.4 is 5.32 Å². The maximum atomic E-state index is 11.9. The van der Waals surface area contributed by atoms with E-state index in [2.05, 4.69) is 5.32 Å². The van der Waals surface area contributed by atoms with E-state index in [9.17, 15) is 4.79 Å². The monoisotopic (exact) mass is 230 g/mol. The zero-order chi connectivity index (χ0) is 12.3. The summed E-state index contributed by atoms with van der Waals surface area (Å²) in [4.78, 5) is 11.9. The fourth-order valence-corrected chi connectivity index (χ4v) is 1.63. The second-order valence-corrected chi connectivity index (χ2v) is 4.13. The van der Waals surface area contributed by atoms with Gasteiger partial charge in [-0.25, -0.2) is 0 Å². The largest absolute Gasteiger partial charge is 0.367 e. The number of methoxy groups -OCH3 is 1. The molecule has 1 aromatic rings. The lowest BCUT2D eigenvalue weighted by atomic mass is 10.1. The second kappa shape index (κ2) is 4.98. The number of rotatable bonds is 4. The van der Waals surface area contributed by atoms with Crippen molar-refractivity contribution in [1.29, 1.82) is 5.26 Å². The molecule has 1 saturated carbocycles. The van der Waals surface area contributed by atoms with Crippen LogP contribution in [0.2, 0.25) is 0 Å². The molecule has 1 amide bonds. The summed E-state index contributed by atoms with van der Waals surface area (Å²) in [5, 5.41) is 11.6. The van der Waals surface area contributed by atoms with Crippen molar-refractivity contribution in [3.63, 3.8) is 0 Å². The van der Waals surface area contributed by atoms with Gasteiger partial charge < -0.3 is 10.1 Å². The predicted octanol–water partition coefficient (Wildman–Crippen LogP) is 1.52. The predicted molar refractivity (Wildman–Crippen MR) is 62.1 cm³/mol. The molecule has 2 rings (SSSR count). The molecule has 0 aromatic heterocycles. The minimum Gasteiger partial charge on any atom is -0.367 e. The van der Waals surface area contributed by atoms with E-state index < -0.39 is 6.10 Å². The number of nitriles is 1. The summed E-state index contributed by atoms with van der Waals surface area (Å²) in [6, 6.07) is 9.23. The van der Waals surface area contributed by atoms with Crippen LogP contribution in [-0.2, 0) is 9.53 Å². The molecule has 0 bridgehead atoms. The van der Waals surface area contributed by atoms with Crippen LogP contribution in [0, 0.1) is 11.3 Å². The summed E-state index contributed by atoms with van der Waals surface area (Å²) >= 11 is 0. The quantitative estimate of drug-likeness (QED) is 0.853. The van der Waals surface area contributed by atoms with Gasteiger partial charge >= 0.3 is 0 Å². The number of nitrogens with zero attached hydrogens (tertiary/aromatic N) is 1. The Kier molecular flexibility index (Phi) is 3.40. The van der Waals surface area contributed by atoms with Gasteiger partial charge in [0.15, 0.2) is 6.10 Å². The minimum absolute atomic E-state index is 0.111. The van der Waals surface area contributed by atoms with Crippen molar-refractivity contribution >= 4 is 5.91 Å². The first kappa shape index (κ1) is 11.6. The average Bonchev–Trinajstić information content (AvgIpc) is 3.15. The van der Waals surface area contributed by atoms with Crippen LogP contribution >= 0.6 is 0 Å². The van der Waals surface area contributed by atoms with Crippen molar-refractivity contribution in [2.75, 3.05) is 7.11 Å². The molecular weight excluding hydrogens is 216 g/mol. The summed E-state index contributed by atoms with van der Waals surface area (Å²) in [6.07, 6.45) is 1.51. The maximum absolute atomic E-state index is 11.9. The highest BCUT2D eigenvalue weighted by Crippen LogP contribution is 2.22. The fourth-order valence-electron chi connectivity index (χ4n) is 1.63. The summed E-state index contributed by atoms with van der Waals surface area (Å²) < 4.78 is 5.21. The number of carbonyl (C=O) groups is 1. The van der Waals surface area contributed by atoms with Crippen molar-refractivity contribution in [3.8, 4) is 6.07 Å². The number of nitrogens with one attached hydrogen (secondary N) is 1. The third-order valence-electron chi connectivity index (χ3n) is 2.74. The van der Waals surface area contributed by atoms with Crippen LogP contribution in [0.25, 0.3) is 0 Å². The summed E-state index contributed by atoms with van der Waals surface area (Å²) in [5.41, 5.74) is 1.34. The van der Waals surface area contributed by atoms with E-state index in [4.69, 9.17) is 10.00 Å². The highest BCUT2D eigenvalue weighted by Gasteiger charge is 2.28. The first-order chi connectivity index (χ1) is 8.24. The van der Waals surface area contributed by atoms with Crippen LogP contribution in [0.5, 0.6) is 0 Å². The molecule has 0 spiro atoms. The number of benzene rings is 1. The van der Waals surface area contributed by atoms with Crippen molar-refractivity contribution in [3.05, 3.63) is 35.4 Å².